The van der Waals surface area contributed by atoms with Crippen molar-refractivity contribution in [1.29, 1.82) is 0 Å². The number of methoxy groups -OCH3 is 1. The van der Waals surface area contributed by atoms with Gasteiger partial charge >= 0.3 is 12.0 Å². The van der Waals surface area contributed by atoms with Crippen LogP contribution in [-0.2, 0) is 9.53 Å². The van der Waals surface area contributed by atoms with Gasteiger partial charge < -0.3 is 20.1 Å². The molecule has 0 aliphatic heterocycles. The molecule has 1 fully saturated rings. The monoisotopic (exact) mass is 329 g/mol. The highest BCUT2D eigenvalue weighted by atomic mass is 16.5. The summed E-state index contributed by atoms with van der Waals surface area (Å²) in [6.07, 6.45) is 1.60. The summed E-state index contributed by atoms with van der Waals surface area (Å²) < 4.78 is 5.24. The number of amides is 2. The molecule has 1 aliphatic rings. The molecule has 1 saturated carbocycles. The number of carboxylic acids is 1. The summed E-state index contributed by atoms with van der Waals surface area (Å²) in [5.74, 6) is -0.807. The predicted octanol–water partition coefficient (Wildman–Crippen LogP) is 1.38. The van der Waals surface area contributed by atoms with Crippen LogP contribution < -0.4 is 5.32 Å². The van der Waals surface area contributed by atoms with E-state index in [-0.39, 0.29) is 36.8 Å². The van der Waals surface area contributed by atoms with Gasteiger partial charge in [0, 0.05) is 31.8 Å². The van der Waals surface area contributed by atoms with Crippen LogP contribution in [0.15, 0.2) is 0 Å². The second kappa shape index (κ2) is 9.08. The SMILES string of the molecule is CCN(CC(=O)O)C1CC(NC(=O)N(CC(C)OC)C(C)C)C1. The summed E-state index contributed by atoms with van der Waals surface area (Å²) in [5, 5.41) is 12.0. The first-order chi connectivity index (χ1) is 10.8. The van der Waals surface area contributed by atoms with E-state index in [2.05, 4.69) is 5.32 Å². The van der Waals surface area contributed by atoms with E-state index in [1.807, 2.05) is 32.6 Å². The van der Waals surface area contributed by atoms with E-state index in [4.69, 9.17) is 9.84 Å². The predicted molar refractivity (Wildman–Crippen MR) is 88.5 cm³/mol. The molecule has 1 rings (SSSR count). The zero-order valence-electron chi connectivity index (χ0n) is 14.9. The normalized spacial score (nSPS) is 21.9. The summed E-state index contributed by atoms with van der Waals surface area (Å²) >= 11 is 0. The Morgan fingerprint density at radius 3 is 2.35 bits per heavy atom. The van der Waals surface area contributed by atoms with Gasteiger partial charge in [0.15, 0.2) is 0 Å². The minimum absolute atomic E-state index is 0.0107. The van der Waals surface area contributed by atoms with Crippen molar-refractivity contribution in [3.05, 3.63) is 0 Å². The van der Waals surface area contributed by atoms with Crippen LogP contribution in [0.5, 0.6) is 0 Å². The van der Waals surface area contributed by atoms with E-state index in [1.165, 1.54) is 0 Å². The topological polar surface area (TPSA) is 82.1 Å². The van der Waals surface area contributed by atoms with Crippen molar-refractivity contribution >= 4 is 12.0 Å². The lowest BCUT2D eigenvalue weighted by Crippen LogP contribution is -2.58. The van der Waals surface area contributed by atoms with Gasteiger partial charge in [-0.15, -0.1) is 0 Å². The number of ether oxygens (including phenoxy) is 1. The van der Waals surface area contributed by atoms with Crippen LogP contribution in [0.1, 0.15) is 40.5 Å². The van der Waals surface area contributed by atoms with Crippen molar-refractivity contribution < 1.29 is 19.4 Å². The molecule has 0 spiro atoms. The number of hydrogen-bond donors (Lipinski definition) is 2. The van der Waals surface area contributed by atoms with E-state index in [0.29, 0.717) is 13.1 Å². The summed E-state index contributed by atoms with van der Waals surface area (Å²) in [6, 6.07) is 0.387. The van der Waals surface area contributed by atoms with Crippen LogP contribution in [0.3, 0.4) is 0 Å². The molecule has 0 aromatic rings. The molecule has 0 saturated heterocycles. The van der Waals surface area contributed by atoms with Gasteiger partial charge in [-0.2, -0.15) is 0 Å². The van der Waals surface area contributed by atoms with E-state index in [9.17, 15) is 9.59 Å². The molecule has 1 aliphatic carbocycles. The highest BCUT2D eigenvalue weighted by Crippen LogP contribution is 2.25. The first-order valence-corrected chi connectivity index (χ1v) is 8.34. The van der Waals surface area contributed by atoms with E-state index in [1.54, 1.807) is 12.0 Å². The van der Waals surface area contributed by atoms with Gasteiger partial charge in [-0.05, 0) is 40.2 Å². The molecule has 7 heteroatoms. The fourth-order valence-electron chi connectivity index (χ4n) is 2.81. The van der Waals surface area contributed by atoms with E-state index in [0.717, 1.165) is 12.8 Å². The average Bonchev–Trinajstić information content (AvgIpc) is 2.44. The van der Waals surface area contributed by atoms with Crippen molar-refractivity contribution in [2.75, 3.05) is 26.7 Å². The van der Waals surface area contributed by atoms with Gasteiger partial charge in [0.2, 0.25) is 0 Å². The van der Waals surface area contributed by atoms with Crippen LogP contribution >= 0.6 is 0 Å². The lowest BCUT2D eigenvalue weighted by Gasteiger charge is -2.43. The van der Waals surface area contributed by atoms with E-state index < -0.39 is 5.97 Å². The first-order valence-electron chi connectivity index (χ1n) is 8.34. The summed E-state index contributed by atoms with van der Waals surface area (Å²) in [7, 11) is 1.64. The molecule has 23 heavy (non-hydrogen) atoms. The molecule has 1 atom stereocenters. The first kappa shape index (κ1) is 19.7. The molecule has 0 heterocycles. The Labute approximate surface area is 139 Å². The Kier molecular flexibility index (Phi) is 7.78. The van der Waals surface area contributed by atoms with Crippen LogP contribution in [-0.4, -0.2) is 77.9 Å². The molecular formula is C16H31N3O4. The third kappa shape index (κ3) is 5.99. The number of nitrogens with zero attached hydrogens (tertiary/aromatic N) is 2. The fraction of sp³-hybridized carbons (Fsp3) is 0.875. The van der Waals surface area contributed by atoms with Gasteiger partial charge in [-0.1, -0.05) is 6.92 Å². The van der Waals surface area contributed by atoms with Crippen LogP contribution in [0.2, 0.25) is 0 Å². The number of carboxylic acid groups (broad SMARTS) is 1. The highest BCUT2D eigenvalue weighted by molar-refractivity contribution is 5.75. The standard InChI is InChI=1S/C16H31N3O4/c1-6-18(10-15(20)21)14-7-13(8-14)17-16(22)19(11(2)3)9-12(4)23-5/h11-14H,6-10H2,1-5H3,(H,17,22)(H,20,21). The van der Waals surface area contributed by atoms with Crippen molar-refractivity contribution in [2.24, 2.45) is 0 Å². The second-order valence-corrected chi connectivity index (χ2v) is 6.52. The fourth-order valence-corrected chi connectivity index (χ4v) is 2.81. The Morgan fingerprint density at radius 1 is 1.30 bits per heavy atom. The second-order valence-electron chi connectivity index (χ2n) is 6.52. The largest absolute Gasteiger partial charge is 0.480 e. The molecule has 134 valence electrons. The third-order valence-corrected chi connectivity index (χ3v) is 4.44. The third-order valence-electron chi connectivity index (χ3n) is 4.44. The summed E-state index contributed by atoms with van der Waals surface area (Å²) in [6.45, 7) is 9.19. The number of rotatable bonds is 9. The maximum absolute atomic E-state index is 12.4. The Bertz CT molecular complexity index is 397. The molecule has 2 N–H and O–H groups in total. The van der Waals surface area contributed by atoms with Crippen LogP contribution in [0, 0.1) is 0 Å². The van der Waals surface area contributed by atoms with Crippen LogP contribution in [0.25, 0.3) is 0 Å². The quantitative estimate of drug-likeness (QED) is 0.668. The van der Waals surface area contributed by atoms with Gasteiger partial charge in [0.25, 0.3) is 0 Å². The zero-order valence-corrected chi connectivity index (χ0v) is 14.9. The van der Waals surface area contributed by atoms with Crippen molar-refractivity contribution in [3.8, 4) is 0 Å². The molecular weight excluding hydrogens is 298 g/mol. The van der Waals surface area contributed by atoms with Crippen molar-refractivity contribution in [1.82, 2.24) is 15.1 Å². The molecule has 0 radical (unpaired) electrons. The zero-order chi connectivity index (χ0) is 17.6. The van der Waals surface area contributed by atoms with Gasteiger partial charge in [0.05, 0.1) is 12.6 Å². The van der Waals surface area contributed by atoms with Gasteiger partial charge in [0.1, 0.15) is 0 Å². The molecule has 0 aromatic heterocycles. The minimum atomic E-state index is -0.807. The molecule has 2 amide bonds. The molecule has 1 unspecified atom stereocenters. The molecule has 0 aromatic carbocycles. The Morgan fingerprint density at radius 2 is 1.91 bits per heavy atom. The Balaban J connectivity index is 2.45. The number of carbonyl (C=O) groups is 2. The lowest BCUT2D eigenvalue weighted by molar-refractivity contribution is -0.139. The van der Waals surface area contributed by atoms with Gasteiger partial charge in [-0.3, -0.25) is 9.69 Å². The van der Waals surface area contributed by atoms with Gasteiger partial charge in [-0.25, -0.2) is 4.79 Å². The number of hydrogen-bond acceptors (Lipinski definition) is 4. The summed E-state index contributed by atoms with van der Waals surface area (Å²) in [4.78, 5) is 27.0. The number of nitrogens with one attached hydrogen (secondary N) is 1. The smallest absolute Gasteiger partial charge is 0.317 e. The summed E-state index contributed by atoms with van der Waals surface area (Å²) in [5.41, 5.74) is 0. The van der Waals surface area contributed by atoms with Crippen LogP contribution in [0.4, 0.5) is 4.79 Å². The molecule has 7 nitrogen and oxygen atoms in total. The average molecular weight is 329 g/mol. The Hall–Kier alpha value is -1.34. The van der Waals surface area contributed by atoms with Crippen molar-refractivity contribution in [3.63, 3.8) is 0 Å². The molecule has 0 bridgehead atoms. The highest BCUT2D eigenvalue weighted by Gasteiger charge is 2.35. The lowest BCUT2D eigenvalue weighted by atomic mass is 9.85. The number of urea groups is 1. The number of aliphatic carboxylic acids is 1. The number of likely N-dealkylation sites (N-methyl/N-ethyl adjacent to an activating group) is 1. The van der Waals surface area contributed by atoms with Crippen molar-refractivity contribution in [2.45, 2.75) is 64.8 Å². The minimum Gasteiger partial charge on any atom is -0.480 e. The maximum Gasteiger partial charge on any atom is 0.317 e. The number of carbonyl (C=O) groups excluding carboxylic acids is 1. The maximum atomic E-state index is 12.4. The van der Waals surface area contributed by atoms with E-state index >= 15 is 0 Å².